The highest BCUT2D eigenvalue weighted by Gasteiger charge is 2.23. The molecule has 1 amide bonds. The molecular formula is C14H20BrNO3. The minimum atomic E-state index is -0.283. The maximum atomic E-state index is 12.3. The third-order valence-electron chi connectivity index (χ3n) is 2.82. The smallest absolute Gasteiger partial charge is 0.255 e. The second-order valence-electron chi connectivity index (χ2n) is 4.82. The van der Waals surface area contributed by atoms with Crippen LogP contribution in [0.4, 0.5) is 0 Å². The molecule has 1 N–H and O–H groups in total. The molecule has 1 rings (SSSR count). The number of ether oxygens (including phenoxy) is 2. The Morgan fingerprint density at radius 1 is 1.32 bits per heavy atom. The van der Waals surface area contributed by atoms with Crippen LogP contribution in [-0.2, 0) is 0 Å². The Bertz CT molecular complexity index is 446. The van der Waals surface area contributed by atoms with Crippen molar-refractivity contribution in [2.45, 2.75) is 25.8 Å². The molecule has 0 saturated carbocycles. The fraction of sp³-hybridized carbons (Fsp3) is 0.500. The number of methoxy groups -OCH3 is 2. The number of amides is 1. The van der Waals surface area contributed by atoms with Crippen LogP contribution in [0.25, 0.3) is 0 Å². The van der Waals surface area contributed by atoms with Crippen molar-refractivity contribution in [3.05, 3.63) is 23.8 Å². The van der Waals surface area contributed by atoms with Crippen molar-refractivity contribution in [1.29, 1.82) is 0 Å². The lowest BCUT2D eigenvalue weighted by Gasteiger charge is -2.26. The van der Waals surface area contributed by atoms with E-state index >= 15 is 0 Å². The first-order valence-corrected chi connectivity index (χ1v) is 7.17. The molecule has 0 unspecified atom stereocenters. The molecule has 106 valence electrons. The van der Waals surface area contributed by atoms with E-state index in [2.05, 4.69) is 21.2 Å². The van der Waals surface area contributed by atoms with E-state index in [0.717, 1.165) is 11.8 Å². The topological polar surface area (TPSA) is 47.6 Å². The van der Waals surface area contributed by atoms with Crippen molar-refractivity contribution in [1.82, 2.24) is 5.32 Å². The van der Waals surface area contributed by atoms with Gasteiger partial charge in [0, 0.05) is 10.9 Å². The Morgan fingerprint density at radius 2 is 2.00 bits per heavy atom. The third-order valence-corrected chi connectivity index (χ3v) is 3.22. The van der Waals surface area contributed by atoms with Crippen LogP contribution in [0.1, 0.15) is 30.6 Å². The lowest BCUT2D eigenvalue weighted by molar-refractivity contribution is 0.0908. The summed E-state index contributed by atoms with van der Waals surface area (Å²) in [5.74, 6) is 0.840. The maximum Gasteiger partial charge on any atom is 0.255 e. The second-order valence-corrected chi connectivity index (χ2v) is 5.61. The molecule has 1 aromatic carbocycles. The summed E-state index contributed by atoms with van der Waals surface area (Å²) in [6.07, 6.45) is 0.838. The summed E-state index contributed by atoms with van der Waals surface area (Å²) in [5.41, 5.74) is 0.193. The number of carbonyl (C=O) groups excluding carboxylic acids is 1. The van der Waals surface area contributed by atoms with E-state index in [-0.39, 0.29) is 11.4 Å². The minimum absolute atomic E-state index is 0.165. The number of hydrogen-bond donors (Lipinski definition) is 1. The van der Waals surface area contributed by atoms with Crippen LogP contribution in [0.2, 0.25) is 0 Å². The highest BCUT2D eigenvalue weighted by atomic mass is 79.9. The number of hydrogen-bond acceptors (Lipinski definition) is 3. The molecule has 0 radical (unpaired) electrons. The predicted octanol–water partition coefficient (Wildman–Crippen LogP) is 3.00. The lowest BCUT2D eigenvalue weighted by atomic mass is 10.0. The molecule has 0 aliphatic carbocycles. The van der Waals surface area contributed by atoms with Gasteiger partial charge in [-0.3, -0.25) is 4.79 Å². The van der Waals surface area contributed by atoms with Crippen molar-refractivity contribution >= 4 is 21.8 Å². The second kappa shape index (κ2) is 6.80. The van der Waals surface area contributed by atoms with Gasteiger partial charge in [0.05, 0.1) is 19.8 Å². The van der Waals surface area contributed by atoms with E-state index in [1.165, 1.54) is 7.11 Å². The molecule has 4 nitrogen and oxygen atoms in total. The average molecular weight is 330 g/mol. The molecule has 0 atom stereocenters. The van der Waals surface area contributed by atoms with Gasteiger partial charge in [-0.1, -0.05) is 22.0 Å². The van der Waals surface area contributed by atoms with Crippen LogP contribution >= 0.6 is 15.9 Å². The van der Waals surface area contributed by atoms with Gasteiger partial charge in [-0.15, -0.1) is 0 Å². The Morgan fingerprint density at radius 3 is 2.53 bits per heavy atom. The fourth-order valence-electron chi connectivity index (χ4n) is 1.74. The number of carbonyl (C=O) groups is 1. The van der Waals surface area contributed by atoms with E-state index in [4.69, 9.17) is 9.47 Å². The van der Waals surface area contributed by atoms with Crippen molar-refractivity contribution in [3.63, 3.8) is 0 Å². The van der Waals surface area contributed by atoms with Gasteiger partial charge in [0.1, 0.15) is 0 Å². The molecule has 0 aromatic heterocycles. The normalized spacial score (nSPS) is 11.0. The van der Waals surface area contributed by atoms with Crippen molar-refractivity contribution < 1.29 is 14.3 Å². The molecule has 0 saturated heterocycles. The summed E-state index contributed by atoms with van der Waals surface area (Å²) in [6.45, 7) is 3.97. The van der Waals surface area contributed by atoms with E-state index in [1.807, 2.05) is 13.8 Å². The van der Waals surface area contributed by atoms with Crippen LogP contribution in [0.5, 0.6) is 11.5 Å². The maximum absolute atomic E-state index is 12.3. The van der Waals surface area contributed by atoms with Gasteiger partial charge in [0.15, 0.2) is 11.5 Å². The van der Waals surface area contributed by atoms with Crippen LogP contribution in [0.15, 0.2) is 18.2 Å². The SMILES string of the molecule is COc1cccc(C(=O)NC(C)(C)CCBr)c1OC. The highest BCUT2D eigenvalue weighted by Crippen LogP contribution is 2.30. The largest absolute Gasteiger partial charge is 0.493 e. The first kappa shape index (κ1) is 15.8. The summed E-state index contributed by atoms with van der Waals surface area (Å²) in [5, 5.41) is 3.82. The van der Waals surface area contributed by atoms with Gasteiger partial charge in [0.2, 0.25) is 0 Å². The average Bonchev–Trinajstić information content (AvgIpc) is 2.36. The third kappa shape index (κ3) is 4.13. The first-order valence-electron chi connectivity index (χ1n) is 6.04. The molecule has 0 spiro atoms. The van der Waals surface area contributed by atoms with E-state index in [9.17, 15) is 4.79 Å². The first-order chi connectivity index (χ1) is 8.95. The quantitative estimate of drug-likeness (QED) is 0.816. The van der Waals surface area contributed by atoms with Crippen molar-refractivity contribution in [3.8, 4) is 11.5 Å². The Kier molecular flexibility index (Phi) is 5.66. The zero-order valence-electron chi connectivity index (χ0n) is 11.7. The summed E-state index contributed by atoms with van der Waals surface area (Å²) >= 11 is 3.39. The number of rotatable bonds is 6. The number of para-hydroxylation sites is 1. The van der Waals surface area contributed by atoms with Gasteiger partial charge in [0.25, 0.3) is 5.91 Å². The zero-order valence-corrected chi connectivity index (χ0v) is 13.3. The van der Waals surface area contributed by atoms with Gasteiger partial charge >= 0.3 is 0 Å². The number of halogens is 1. The highest BCUT2D eigenvalue weighted by molar-refractivity contribution is 9.09. The van der Waals surface area contributed by atoms with Crippen LogP contribution in [-0.4, -0.2) is 31.0 Å². The molecule has 0 aliphatic rings. The van der Waals surface area contributed by atoms with Gasteiger partial charge in [-0.25, -0.2) is 0 Å². The number of benzene rings is 1. The summed E-state index contributed by atoms with van der Waals surface area (Å²) < 4.78 is 10.5. The van der Waals surface area contributed by atoms with E-state index < -0.39 is 0 Å². The molecule has 0 heterocycles. The summed E-state index contributed by atoms with van der Waals surface area (Å²) in [4.78, 5) is 12.3. The van der Waals surface area contributed by atoms with Crippen molar-refractivity contribution in [2.24, 2.45) is 0 Å². The molecule has 5 heteroatoms. The standard InChI is InChI=1S/C14H20BrNO3/c1-14(2,8-9-15)16-13(17)10-6-5-7-11(18-3)12(10)19-4/h5-7H,8-9H2,1-4H3,(H,16,17). The Labute approximate surface area is 122 Å². The van der Waals surface area contributed by atoms with Crippen LogP contribution < -0.4 is 14.8 Å². The molecule has 0 aliphatic heterocycles. The van der Waals surface area contributed by atoms with E-state index in [1.54, 1.807) is 25.3 Å². The molecular weight excluding hydrogens is 310 g/mol. The monoisotopic (exact) mass is 329 g/mol. The van der Waals surface area contributed by atoms with Crippen LogP contribution in [0, 0.1) is 0 Å². The Balaban J connectivity index is 3.00. The zero-order chi connectivity index (χ0) is 14.5. The summed E-state index contributed by atoms with van der Waals surface area (Å²) in [6, 6.07) is 5.26. The molecule has 0 bridgehead atoms. The Hall–Kier alpha value is -1.23. The number of nitrogens with one attached hydrogen (secondary N) is 1. The molecule has 0 fully saturated rings. The molecule has 19 heavy (non-hydrogen) atoms. The minimum Gasteiger partial charge on any atom is -0.493 e. The summed E-state index contributed by atoms with van der Waals surface area (Å²) in [7, 11) is 3.08. The number of alkyl halides is 1. The van der Waals surface area contributed by atoms with E-state index in [0.29, 0.717) is 17.1 Å². The lowest BCUT2D eigenvalue weighted by Crippen LogP contribution is -2.43. The fourth-order valence-corrected chi connectivity index (χ4v) is 2.73. The van der Waals surface area contributed by atoms with Gasteiger partial charge in [-0.2, -0.15) is 0 Å². The molecule has 1 aromatic rings. The van der Waals surface area contributed by atoms with Crippen molar-refractivity contribution in [2.75, 3.05) is 19.5 Å². The predicted molar refractivity (Wildman–Crippen MR) is 79.5 cm³/mol. The van der Waals surface area contributed by atoms with Gasteiger partial charge < -0.3 is 14.8 Å². The van der Waals surface area contributed by atoms with Crippen LogP contribution in [0.3, 0.4) is 0 Å². The van der Waals surface area contributed by atoms with Gasteiger partial charge in [-0.05, 0) is 32.4 Å².